The zero-order chi connectivity index (χ0) is 15.0. The minimum absolute atomic E-state index is 0.287. The van der Waals surface area contributed by atoms with Gasteiger partial charge in [0.15, 0.2) is 5.82 Å². The summed E-state index contributed by atoms with van der Waals surface area (Å²) in [7, 11) is 0. The lowest BCUT2D eigenvalue weighted by Gasteiger charge is -2.46. The van der Waals surface area contributed by atoms with Crippen LogP contribution in [-0.4, -0.2) is 38.7 Å². The third-order valence-electron chi connectivity index (χ3n) is 3.97. The van der Waals surface area contributed by atoms with Gasteiger partial charge in [0.1, 0.15) is 5.82 Å². The van der Waals surface area contributed by atoms with E-state index in [-0.39, 0.29) is 5.92 Å². The highest BCUT2D eigenvalue weighted by atomic mass is 16.3. The zero-order valence-electron chi connectivity index (χ0n) is 12.6. The first-order valence-electron chi connectivity index (χ1n) is 7.17. The van der Waals surface area contributed by atoms with Crippen LogP contribution in [0.1, 0.15) is 19.5 Å². The summed E-state index contributed by atoms with van der Waals surface area (Å²) in [5, 5.41) is 10.0. The van der Waals surface area contributed by atoms with Gasteiger partial charge in [0, 0.05) is 48.7 Å². The molecule has 3 rings (SSSR count). The Balaban J connectivity index is 1.84. The number of aromatic nitrogens is 3. The summed E-state index contributed by atoms with van der Waals surface area (Å²) in [4.78, 5) is 15.4. The molecule has 1 aliphatic heterocycles. The fraction of sp³-hybridized carbons (Fsp3) is 0.438. The van der Waals surface area contributed by atoms with Crippen molar-refractivity contribution in [3.63, 3.8) is 0 Å². The van der Waals surface area contributed by atoms with Crippen molar-refractivity contribution in [2.75, 3.05) is 18.0 Å². The molecule has 2 aromatic rings. The van der Waals surface area contributed by atoms with Gasteiger partial charge < -0.3 is 10.0 Å². The van der Waals surface area contributed by atoms with E-state index in [1.165, 1.54) is 0 Å². The van der Waals surface area contributed by atoms with Crippen LogP contribution in [0.4, 0.5) is 5.82 Å². The Kier molecular flexibility index (Phi) is 3.37. The summed E-state index contributed by atoms with van der Waals surface area (Å²) in [5.41, 5.74) is 1.22. The summed E-state index contributed by atoms with van der Waals surface area (Å²) in [5.74, 6) is 1.90. The predicted octanol–water partition coefficient (Wildman–Crippen LogP) is 2.05. The summed E-state index contributed by atoms with van der Waals surface area (Å²) in [6.45, 7) is 7.35. The van der Waals surface area contributed by atoms with E-state index in [1.807, 2.05) is 39.0 Å². The Labute approximate surface area is 124 Å². The number of hydrogen-bond acceptors (Lipinski definition) is 5. The van der Waals surface area contributed by atoms with Crippen molar-refractivity contribution < 1.29 is 5.11 Å². The van der Waals surface area contributed by atoms with Crippen molar-refractivity contribution >= 4 is 5.82 Å². The van der Waals surface area contributed by atoms with Crippen LogP contribution in [-0.2, 0) is 0 Å². The Hall–Kier alpha value is -2.01. The van der Waals surface area contributed by atoms with Gasteiger partial charge >= 0.3 is 0 Å². The fourth-order valence-electron chi connectivity index (χ4n) is 2.45. The molecule has 1 aliphatic rings. The van der Waals surface area contributed by atoms with Gasteiger partial charge in [-0.1, -0.05) is 0 Å². The first kappa shape index (κ1) is 13.9. The Morgan fingerprint density at radius 2 is 2.05 bits per heavy atom. The molecule has 0 aromatic carbocycles. The quantitative estimate of drug-likeness (QED) is 0.934. The maximum absolute atomic E-state index is 10.0. The van der Waals surface area contributed by atoms with Gasteiger partial charge in [-0.3, -0.25) is 4.98 Å². The SMILES string of the molecule is Cc1cc(N2CC(C(C)(C)O)C2)nc(-c2cccnc2)n1. The maximum Gasteiger partial charge on any atom is 0.163 e. The monoisotopic (exact) mass is 284 g/mol. The van der Waals surface area contributed by atoms with Gasteiger partial charge in [-0.05, 0) is 32.9 Å². The van der Waals surface area contributed by atoms with Crippen molar-refractivity contribution in [1.29, 1.82) is 0 Å². The average Bonchev–Trinajstić information content (AvgIpc) is 2.35. The van der Waals surface area contributed by atoms with Crippen molar-refractivity contribution in [3.8, 4) is 11.4 Å². The topological polar surface area (TPSA) is 62.1 Å². The molecule has 0 bridgehead atoms. The molecule has 0 aliphatic carbocycles. The molecule has 1 N–H and O–H groups in total. The number of pyridine rings is 1. The van der Waals surface area contributed by atoms with Gasteiger partial charge in [-0.25, -0.2) is 9.97 Å². The molecule has 0 saturated carbocycles. The van der Waals surface area contributed by atoms with Gasteiger partial charge in [0.25, 0.3) is 0 Å². The summed E-state index contributed by atoms with van der Waals surface area (Å²) >= 11 is 0. The molecular weight excluding hydrogens is 264 g/mol. The van der Waals surface area contributed by atoms with E-state index in [0.717, 1.165) is 30.2 Å². The first-order chi connectivity index (χ1) is 9.93. The smallest absolute Gasteiger partial charge is 0.163 e. The zero-order valence-corrected chi connectivity index (χ0v) is 12.6. The number of aryl methyl sites for hydroxylation is 1. The molecular formula is C16H20N4O. The molecule has 5 nitrogen and oxygen atoms in total. The molecule has 0 unspecified atom stereocenters. The lowest BCUT2D eigenvalue weighted by atomic mass is 9.84. The summed E-state index contributed by atoms with van der Waals surface area (Å²) in [6, 6.07) is 5.83. The molecule has 0 radical (unpaired) electrons. The molecule has 110 valence electrons. The van der Waals surface area contributed by atoms with Crippen LogP contribution in [0.2, 0.25) is 0 Å². The highest BCUT2D eigenvalue weighted by Crippen LogP contribution is 2.31. The van der Waals surface area contributed by atoms with Crippen LogP contribution in [0, 0.1) is 12.8 Å². The molecule has 2 aromatic heterocycles. The Morgan fingerprint density at radius 3 is 2.67 bits per heavy atom. The van der Waals surface area contributed by atoms with Crippen LogP contribution in [0.3, 0.4) is 0 Å². The lowest BCUT2D eigenvalue weighted by Crippen LogP contribution is -2.56. The molecule has 0 amide bonds. The Bertz CT molecular complexity index is 630. The highest BCUT2D eigenvalue weighted by molar-refractivity contribution is 5.57. The predicted molar refractivity (Wildman–Crippen MR) is 82.0 cm³/mol. The fourth-order valence-corrected chi connectivity index (χ4v) is 2.45. The van der Waals surface area contributed by atoms with Crippen molar-refractivity contribution in [1.82, 2.24) is 15.0 Å². The van der Waals surface area contributed by atoms with Crippen LogP contribution >= 0.6 is 0 Å². The van der Waals surface area contributed by atoms with E-state index in [4.69, 9.17) is 0 Å². The van der Waals surface area contributed by atoms with Crippen molar-refractivity contribution in [2.24, 2.45) is 5.92 Å². The summed E-state index contributed by atoms with van der Waals surface area (Å²) < 4.78 is 0. The minimum atomic E-state index is -0.634. The molecule has 1 saturated heterocycles. The number of rotatable bonds is 3. The van der Waals surface area contributed by atoms with E-state index >= 15 is 0 Å². The molecule has 21 heavy (non-hydrogen) atoms. The second-order valence-corrected chi connectivity index (χ2v) is 6.19. The van der Waals surface area contributed by atoms with E-state index in [1.54, 1.807) is 12.4 Å². The van der Waals surface area contributed by atoms with Crippen LogP contribution in [0.5, 0.6) is 0 Å². The van der Waals surface area contributed by atoms with E-state index in [0.29, 0.717) is 5.82 Å². The van der Waals surface area contributed by atoms with Crippen molar-refractivity contribution in [3.05, 3.63) is 36.3 Å². The van der Waals surface area contributed by atoms with Gasteiger partial charge in [-0.15, -0.1) is 0 Å². The highest BCUT2D eigenvalue weighted by Gasteiger charge is 2.38. The van der Waals surface area contributed by atoms with Crippen LogP contribution in [0.25, 0.3) is 11.4 Å². The van der Waals surface area contributed by atoms with E-state index in [2.05, 4.69) is 19.9 Å². The van der Waals surface area contributed by atoms with E-state index in [9.17, 15) is 5.11 Å². The third kappa shape index (κ3) is 2.88. The first-order valence-corrected chi connectivity index (χ1v) is 7.17. The molecule has 3 heterocycles. The normalized spacial score (nSPS) is 15.9. The lowest BCUT2D eigenvalue weighted by molar-refractivity contribution is 0.00439. The number of nitrogens with zero attached hydrogens (tertiary/aromatic N) is 4. The standard InChI is InChI=1S/C16H20N4O/c1-11-7-14(20-9-13(10-20)16(2,3)21)19-15(18-11)12-5-4-6-17-8-12/h4-8,13,21H,9-10H2,1-3H3. The van der Waals surface area contributed by atoms with Crippen LogP contribution < -0.4 is 4.90 Å². The Morgan fingerprint density at radius 1 is 1.29 bits per heavy atom. The molecule has 0 spiro atoms. The molecule has 0 atom stereocenters. The number of hydrogen-bond donors (Lipinski definition) is 1. The second-order valence-electron chi connectivity index (χ2n) is 6.19. The van der Waals surface area contributed by atoms with Gasteiger partial charge in [-0.2, -0.15) is 0 Å². The summed E-state index contributed by atoms with van der Waals surface area (Å²) in [6.07, 6.45) is 3.51. The van der Waals surface area contributed by atoms with E-state index < -0.39 is 5.60 Å². The van der Waals surface area contributed by atoms with Crippen molar-refractivity contribution in [2.45, 2.75) is 26.4 Å². The number of aliphatic hydroxyl groups is 1. The van der Waals surface area contributed by atoms with Gasteiger partial charge in [0.2, 0.25) is 0 Å². The van der Waals surface area contributed by atoms with Crippen LogP contribution in [0.15, 0.2) is 30.6 Å². The molecule has 5 heteroatoms. The molecule has 1 fully saturated rings. The second kappa shape index (κ2) is 5.07. The average molecular weight is 284 g/mol. The van der Waals surface area contributed by atoms with Gasteiger partial charge in [0.05, 0.1) is 5.60 Å². The maximum atomic E-state index is 10.0. The minimum Gasteiger partial charge on any atom is -0.390 e. The largest absolute Gasteiger partial charge is 0.390 e. The third-order valence-corrected chi connectivity index (χ3v) is 3.97. The number of anilines is 1.